The number of nitrogens with zero attached hydrogens (tertiary/aromatic N) is 1. The minimum atomic E-state index is -1.02. The Morgan fingerprint density at radius 2 is 1.58 bits per heavy atom. The predicted octanol–water partition coefficient (Wildman–Crippen LogP) is 4.65. The van der Waals surface area contributed by atoms with Crippen LogP contribution in [0.15, 0.2) is 29.2 Å². The first kappa shape index (κ1) is 19.3. The molecule has 0 radical (unpaired) electrons. The smallest absolute Gasteiger partial charge is 0.180 e. The molecule has 26 heavy (non-hydrogen) atoms. The molecule has 6 heteroatoms. The maximum Gasteiger partial charge on any atom is 0.180 e. The highest BCUT2D eigenvalue weighted by atomic mass is 32.2. The molecule has 1 aromatic heterocycles. The number of benzene rings is 1. The quantitative estimate of drug-likeness (QED) is 0.565. The number of carbonyl (C=O) groups is 2. The van der Waals surface area contributed by atoms with E-state index in [4.69, 9.17) is 9.72 Å². The third kappa shape index (κ3) is 3.26. The van der Waals surface area contributed by atoms with Crippen LogP contribution in [0.5, 0.6) is 0 Å². The van der Waals surface area contributed by atoms with Crippen LogP contribution in [0, 0.1) is 6.92 Å². The van der Waals surface area contributed by atoms with E-state index in [1.54, 1.807) is 39.5 Å². The highest BCUT2D eigenvalue weighted by molar-refractivity contribution is 7.98. The molecule has 0 aliphatic carbocycles. The second-order valence-electron chi connectivity index (χ2n) is 7.47. The molecule has 138 valence electrons. The average molecular weight is 390 g/mol. The van der Waals surface area contributed by atoms with Crippen molar-refractivity contribution in [1.29, 1.82) is 0 Å². The molecular formula is C20H23NO3S2. The van der Waals surface area contributed by atoms with Gasteiger partial charge in [-0.25, -0.2) is 4.98 Å². The fourth-order valence-electron chi connectivity index (χ4n) is 3.33. The van der Waals surface area contributed by atoms with Crippen LogP contribution in [0.4, 0.5) is 0 Å². The van der Waals surface area contributed by atoms with Gasteiger partial charge in [0.15, 0.2) is 11.6 Å². The zero-order chi connectivity index (χ0) is 19.3. The first-order valence-corrected chi connectivity index (χ1v) is 10.5. The first-order chi connectivity index (χ1) is 12.1. The van der Waals surface area contributed by atoms with Crippen LogP contribution in [-0.2, 0) is 14.3 Å². The number of hydrogen-bond acceptors (Lipinski definition) is 6. The van der Waals surface area contributed by atoms with Crippen molar-refractivity contribution < 1.29 is 14.3 Å². The summed E-state index contributed by atoms with van der Waals surface area (Å²) in [6, 6.07) is 8.14. The van der Waals surface area contributed by atoms with Crippen LogP contribution in [0.2, 0.25) is 0 Å². The monoisotopic (exact) mass is 389 g/mol. The molecule has 1 fully saturated rings. The van der Waals surface area contributed by atoms with Crippen molar-refractivity contribution in [1.82, 2.24) is 4.98 Å². The number of carbonyl (C=O) groups excluding carboxylic acids is 2. The lowest BCUT2D eigenvalue weighted by Gasteiger charge is -2.42. The van der Waals surface area contributed by atoms with Crippen LogP contribution in [0.1, 0.15) is 44.2 Å². The highest BCUT2D eigenvalue weighted by Crippen LogP contribution is 2.41. The lowest BCUT2D eigenvalue weighted by molar-refractivity contribution is -0.184. The second kappa shape index (κ2) is 6.59. The number of rotatable bonds is 3. The molecule has 4 nitrogen and oxygen atoms in total. The van der Waals surface area contributed by atoms with Gasteiger partial charge in [0.05, 0.1) is 5.69 Å². The lowest BCUT2D eigenvalue weighted by Crippen LogP contribution is -2.58. The van der Waals surface area contributed by atoms with Crippen LogP contribution < -0.4 is 0 Å². The third-order valence-corrected chi connectivity index (χ3v) is 6.44. The number of ketones is 2. The molecule has 0 saturated carbocycles. The van der Waals surface area contributed by atoms with Crippen molar-refractivity contribution >= 4 is 34.7 Å². The molecule has 0 spiro atoms. The number of aromatic nitrogens is 1. The Balaban J connectivity index is 2.04. The fourth-order valence-corrected chi connectivity index (χ4v) is 4.70. The van der Waals surface area contributed by atoms with Crippen molar-refractivity contribution in [2.24, 2.45) is 0 Å². The van der Waals surface area contributed by atoms with E-state index in [9.17, 15) is 9.59 Å². The van der Waals surface area contributed by atoms with Gasteiger partial charge >= 0.3 is 0 Å². The SMILES string of the molecule is CSc1ccc(-c2nc(C3C(=O)C(C)(C)OC(C)(C)C3=O)c(C)s2)cc1. The van der Waals surface area contributed by atoms with Crippen LogP contribution in [0.25, 0.3) is 10.6 Å². The van der Waals surface area contributed by atoms with Gasteiger partial charge in [0.1, 0.15) is 22.1 Å². The van der Waals surface area contributed by atoms with E-state index in [0.29, 0.717) is 5.69 Å². The van der Waals surface area contributed by atoms with E-state index in [0.717, 1.165) is 15.4 Å². The summed E-state index contributed by atoms with van der Waals surface area (Å²) in [6.07, 6.45) is 2.03. The Kier molecular flexibility index (Phi) is 4.88. The van der Waals surface area contributed by atoms with Crippen molar-refractivity contribution in [2.75, 3.05) is 6.26 Å². The molecule has 0 amide bonds. The van der Waals surface area contributed by atoms with Gasteiger partial charge in [-0.2, -0.15) is 0 Å². The molecule has 0 atom stereocenters. The van der Waals surface area contributed by atoms with Gasteiger partial charge in [0, 0.05) is 15.3 Å². The summed E-state index contributed by atoms with van der Waals surface area (Å²) in [5.41, 5.74) is -0.470. The number of ether oxygens (including phenoxy) is 1. The van der Waals surface area contributed by atoms with Crippen molar-refractivity contribution in [3.8, 4) is 10.6 Å². The summed E-state index contributed by atoms with van der Waals surface area (Å²) in [7, 11) is 0. The number of hydrogen-bond donors (Lipinski definition) is 0. The molecule has 0 unspecified atom stereocenters. The fraction of sp³-hybridized carbons (Fsp3) is 0.450. The Bertz CT molecular complexity index is 840. The topological polar surface area (TPSA) is 56.3 Å². The van der Waals surface area contributed by atoms with Gasteiger partial charge in [-0.15, -0.1) is 23.1 Å². The zero-order valence-corrected chi connectivity index (χ0v) is 17.5. The molecule has 1 aromatic carbocycles. The Morgan fingerprint density at radius 1 is 1.04 bits per heavy atom. The third-order valence-electron chi connectivity index (χ3n) is 4.66. The molecule has 0 N–H and O–H groups in total. The Hall–Kier alpha value is -1.50. The number of Topliss-reactive ketones (excluding diaryl/α,β-unsaturated/α-hetero) is 2. The molecule has 1 saturated heterocycles. The molecule has 2 aromatic rings. The van der Waals surface area contributed by atoms with E-state index in [2.05, 4.69) is 0 Å². The van der Waals surface area contributed by atoms with E-state index >= 15 is 0 Å². The van der Waals surface area contributed by atoms with Crippen LogP contribution in [0.3, 0.4) is 0 Å². The van der Waals surface area contributed by atoms with Crippen LogP contribution >= 0.6 is 23.1 Å². The van der Waals surface area contributed by atoms with E-state index in [-0.39, 0.29) is 11.6 Å². The number of thioether (sulfide) groups is 1. The molecule has 1 aliphatic heterocycles. The summed E-state index contributed by atoms with van der Waals surface area (Å²) in [6.45, 7) is 8.81. The van der Waals surface area contributed by atoms with Gasteiger partial charge in [0.25, 0.3) is 0 Å². The first-order valence-electron chi connectivity index (χ1n) is 8.47. The minimum Gasteiger partial charge on any atom is -0.354 e. The molecular weight excluding hydrogens is 366 g/mol. The molecule has 3 rings (SSSR count). The molecule has 1 aliphatic rings. The summed E-state index contributed by atoms with van der Waals surface area (Å²) in [5.74, 6) is -1.32. The zero-order valence-electron chi connectivity index (χ0n) is 15.9. The predicted molar refractivity (Wildman–Crippen MR) is 106 cm³/mol. The van der Waals surface area contributed by atoms with Crippen molar-refractivity contribution in [2.45, 2.75) is 56.6 Å². The van der Waals surface area contributed by atoms with Crippen molar-refractivity contribution in [3.63, 3.8) is 0 Å². The van der Waals surface area contributed by atoms with Gasteiger partial charge in [-0.1, -0.05) is 12.1 Å². The maximum atomic E-state index is 12.9. The van der Waals surface area contributed by atoms with E-state index in [1.165, 1.54) is 16.2 Å². The van der Waals surface area contributed by atoms with Gasteiger partial charge in [-0.3, -0.25) is 9.59 Å². The lowest BCUT2D eigenvalue weighted by atomic mass is 9.76. The summed E-state index contributed by atoms with van der Waals surface area (Å²) < 4.78 is 5.77. The van der Waals surface area contributed by atoms with Gasteiger partial charge < -0.3 is 4.74 Å². The normalized spacial score (nSPS) is 19.8. The second-order valence-corrected chi connectivity index (χ2v) is 9.56. The summed E-state index contributed by atoms with van der Waals surface area (Å²) in [5, 5.41) is 0.827. The van der Waals surface area contributed by atoms with E-state index in [1.807, 2.05) is 37.4 Å². The summed E-state index contributed by atoms with van der Waals surface area (Å²) >= 11 is 3.20. The highest BCUT2D eigenvalue weighted by Gasteiger charge is 2.54. The van der Waals surface area contributed by atoms with E-state index < -0.39 is 17.1 Å². The molecule has 0 bridgehead atoms. The van der Waals surface area contributed by atoms with Crippen molar-refractivity contribution in [3.05, 3.63) is 34.8 Å². The standard InChI is InChI=1S/C20H23NO3S2/c1-11-15(14-16(22)19(2,3)24-20(4,5)17(14)23)21-18(26-11)12-7-9-13(25-6)10-8-12/h7-10,14H,1-6H3. The summed E-state index contributed by atoms with van der Waals surface area (Å²) in [4.78, 5) is 32.7. The van der Waals surface area contributed by atoms with Gasteiger partial charge in [-0.05, 0) is 53.0 Å². The maximum absolute atomic E-state index is 12.9. The Labute approximate surface area is 162 Å². The molecule has 2 heterocycles. The van der Waals surface area contributed by atoms with Gasteiger partial charge in [0.2, 0.25) is 0 Å². The Morgan fingerprint density at radius 3 is 2.08 bits per heavy atom. The number of aryl methyl sites for hydroxylation is 1. The van der Waals surface area contributed by atoms with Crippen LogP contribution in [-0.4, -0.2) is 34.0 Å². The number of thiazole rings is 1. The minimum absolute atomic E-state index is 0.223. The average Bonchev–Trinajstić information content (AvgIpc) is 2.95. The largest absolute Gasteiger partial charge is 0.354 e.